The first-order chi connectivity index (χ1) is 9.10. The first-order valence-electron chi connectivity index (χ1n) is 6.29. The Morgan fingerprint density at radius 3 is 2.21 bits per heavy atom. The smallest absolute Gasteiger partial charge is 0.410 e. The van der Waals surface area contributed by atoms with Gasteiger partial charge in [-0.3, -0.25) is 4.79 Å². The predicted octanol–water partition coefficient (Wildman–Crippen LogP) is 1.57. The Labute approximate surface area is 113 Å². The van der Waals surface area contributed by atoms with E-state index in [1.165, 1.54) is 0 Å². The van der Waals surface area contributed by atoms with E-state index in [1.54, 1.807) is 18.8 Å². The zero-order valence-corrected chi connectivity index (χ0v) is 11.7. The van der Waals surface area contributed by atoms with Crippen molar-refractivity contribution < 1.29 is 9.31 Å². The van der Waals surface area contributed by atoms with Crippen LogP contribution in [0.4, 0.5) is 0 Å². The van der Waals surface area contributed by atoms with E-state index in [0.29, 0.717) is 5.39 Å². The van der Waals surface area contributed by atoms with Crippen LogP contribution in [0.5, 0.6) is 0 Å². The molecule has 1 heterocycles. The van der Waals surface area contributed by atoms with Crippen molar-refractivity contribution in [1.82, 2.24) is 4.57 Å². The molecule has 100 valence electrons. The molecule has 1 aromatic carbocycles. The van der Waals surface area contributed by atoms with Gasteiger partial charge >= 0.3 is 7.12 Å². The van der Waals surface area contributed by atoms with Crippen LogP contribution in [0.1, 0.15) is 19.9 Å². The van der Waals surface area contributed by atoms with Gasteiger partial charge in [-0.05, 0) is 25.3 Å². The largest absolute Gasteiger partial charge is 0.495 e. The highest BCUT2D eigenvalue weighted by molar-refractivity contribution is 6.64. The molecule has 0 aliphatic rings. The quantitative estimate of drug-likeness (QED) is 0.782. The second-order valence-electron chi connectivity index (χ2n) is 4.74. The molecule has 0 fully saturated rings. The first-order valence-corrected chi connectivity index (χ1v) is 6.29. The molecule has 0 saturated heterocycles. The Hall–Kier alpha value is -1.59. The topological polar surface area (TPSA) is 40.5 Å². The summed E-state index contributed by atoms with van der Waals surface area (Å²) in [6, 6.07) is 7.62. The maximum atomic E-state index is 12.4. The molecular weight excluding hydrogens is 241 g/mol. The van der Waals surface area contributed by atoms with Crippen molar-refractivity contribution in [3.05, 3.63) is 40.8 Å². The zero-order valence-electron chi connectivity index (χ0n) is 11.7. The molecule has 0 N–H and O–H groups in total. The van der Waals surface area contributed by atoms with Gasteiger partial charge in [0.05, 0.1) is 0 Å². The van der Waals surface area contributed by atoms with Crippen LogP contribution >= 0.6 is 0 Å². The summed E-state index contributed by atoms with van der Waals surface area (Å²) in [5.74, 6) is 0. The molecular formula is C14H18BNO3. The normalized spacial score (nSPS) is 11.2. The summed E-state index contributed by atoms with van der Waals surface area (Å²) in [6.07, 6.45) is 1.83. The molecule has 0 spiro atoms. The van der Waals surface area contributed by atoms with Crippen molar-refractivity contribution in [2.75, 3.05) is 14.2 Å². The standard InChI is InChI=1S/C14H18BNO3/c1-10(2)16-9-13(15(18-3)19-4)11-7-5-6-8-12(11)14(16)17/h5-10H,1-4H3. The van der Waals surface area contributed by atoms with Gasteiger partial charge in [0.2, 0.25) is 0 Å². The Morgan fingerprint density at radius 2 is 1.68 bits per heavy atom. The third kappa shape index (κ3) is 2.44. The van der Waals surface area contributed by atoms with Crippen LogP contribution in [0.2, 0.25) is 0 Å². The fourth-order valence-corrected chi connectivity index (χ4v) is 2.26. The van der Waals surface area contributed by atoms with Gasteiger partial charge in [-0.2, -0.15) is 0 Å². The van der Waals surface area contributed by atoms with Gasteiger partial charge < -0.3 is 13.9 Å². The van der Waals surface area contributed by atoms with Crippen molar-refractivity contribution >= 4 is 23.4 Å². The van der Waals surface area contributed by atoms with Gasteiger partial charge in [-0.1, -0.05) is 18.2 Å². The molecule has 4 nitrogen and oxygen atoms in total. The van der Waals surface area contributed by atoms with Gasteiger partial charge in [0.15, 0.2) is 0 Å². The van der Waals surface area contributed by atoms with Gasteiger partial charge in [0.25, 0.3) is 5.56 Å². The van der Waals surface area contributed by atoms with E-state index in [1.807, 2.05) is 44.3 Å². The SMILES string of the molecule is COB(OC)c1cn(C(C)C)c(=O)c2ccccc12. The summed E-state index contributed by atoms with van der Waals surface area (Å²) in [7, 11) is 2.71. The van der Waals surface area contributed by atoms with Crippen LogP contribution in [-0.4, -0.2) is 25.9 Å². The first kappa shape index (κ1) is 13.8. The molecule has 0 radical (unpaired) electrons. The molecule has 0 unspecified atom stereocenters. The summed E-state index contributed by atoms with van der Waals surface area (Å²) in [5.41, 5.74) is 0.884. The highest BCUT2D eigenvalue weighted by Crippen LogP contribution is 2.11. The van der Waals surface area contributed by atoms with Crippen LogP contribution < -0.4 is 11.0 Å². The molecule has 0 aliphatic heterocycles. The highest BCUT2D eigenvalue weighted by Gasteiger charge is 2.23. The molecule has 5 heteroatoms. The third-order valence-electron chi connectivity index (χ3n) is 3.22. The molecule has 1 aromatic heterocycles. The van der Waals surface area contributed by atoms with E-state index < -0.39 is 7.12 Å². The summed E-state index contributed by atoms with van der Waals surface area (Å²) >= 11 is 0. The lowest BCUT2D eigenvalue weighted by atomic mass is 9.77. The molecule has 19 heavy (non-hydrogen) atoms. The molecule has 0 amide bonds. The molecule has 0 bridgehead atoms. The van der Waals surface area contributed by atoms with E-state index in [4.69, 9.17) is 9.31 Å². The van der Waals surface area contributed by atoms with Gasteiger partial charge in [0, 0.05) is 37.3 Å². The number of fused-ring (bicyclic) bond motifs is 1. The van der Waals surface area contributed by atoms with Crippen LogP contribution in [-0.2, 0) is 9.31 Å². The van der Waals surface area contributed by atoms with E-state index in [-0.39, 0.29) is 11.6 Å². The number of hydrogen-bond donors (Lipinski definition) is 0. The highest BCUT2D eigenvalue weighted by atomic mass is 16.6. The van der Waals surface area contributed by atoms with E-state index in [0.717, 1.165) is 10.8 Å². The lowest BCUT2D eigenvalue weighted by molar-refractivity contribution is 0.292. The van der Waals surface area contributed by atoms with Crippen molar-refractivity contribution in [1.29, 1.82) is 0 Å². The lowest BCUT2D eigenvalue weighted by Crippen LogP contribution is -2.39. The van der Waals surface area contributed by atoms with E-state index >= 15 is 0 Å². The predicted molar refractivity (Wildman–Crippen MR) is 78.0 cm³/mol. The van der Waals surface area contributed by atoms with Gasteiger partial charge in [-0.15, -0.1) is 0 Å². The van der Waals surface area contributed by atoms with E-state index in [2.05, 4.69) is 0 Å². The summed E-state index contributed by atoms with van der Waals surface area (Å²) in [5, 5.41) is 1.56. The number of benzene rings is 1. The minimum absolute atomic E-state index is 0.0142. The van der Waals surface area contributed by atoms with Crippen LogP contribution in [0.25, 0.3) is 10.8 Å². The Bertz CT molecular complexity index is 632. The number of pyridine rings is 1. The van der Waals surface area contributed by atoms with E-state index in [9.17, 15) is 4.79 Å². The Balaban J connectivity index is 2.82. The lowest BCUT2D eigenvalue weighted by Gasteiger charge is -2.17. The zero-order chi connectivity index (χ0) is 14.0. The average Bonchev–Trinajstić information content (AvgIpc) is 2.42. The number of rotatable bonds is 4. The molecule has 0 atom stereocenters. The third-order valence-corrected chi connectivity index (χ3v) is 3.22. The number of aromatic nitrogens is 1. The number of nitrogens with zero attached hydrogens (tertiary/aromatic N) is 1. The molecule has 2 aromatic rings. The van der Waals surface area contributed by atoms with Crippen LogP contribution in [0.3, 0.4) is 0 Å². The van der Waals surface area contributed by atoms with Gasteiger partial charge in [-0.25, -0.2) is 0 Å². The van der Waals surface area contributed by atoms with Gasteiger partial charge in [0.1, 0.15) is 0 Å². The van der Waals surface area contributed by atoms with Crippen molar-refractivity contribution in [3.63, 3.8) is 0 Å². The second kappa shape index (κ2) is 5.59. The van der Waals surface area contributed by atoms with Crippen LogP contribution in [0, 0.1) is 0 Å². The maximum absolute atomic E-state index is 12.4. The molecule has 2 rings (SSSR count). The minimum Gasteiger partial charge on any atom is -0.410 e. The molecule has 0 aliphatic carbocycles. The fourth-order valence-electron chi connectivity index (χ4n) is 2.26. The molecule has 0 saturated carbocycles. The van der Waals surface area contributed by atoms with Crippen LogP contribution in [0.15, 0.2) is 35.3 Å². The summed E-state index contributed by atoms with van der Waals surface area (Å²) in [6.45, 7) is 3.96. The average molecular weight is 259 g/mol. The maximum Gasteiger partial charge on any atom is 0.495 e. The number of hydrogen-bond acceptors (Lipinski definition) is 3. The van der Waals surface area contributed by atoms with Crippen molar-refractivity contribution in [3.8, 4) is 0 Å². The second-order valence-corrected chi connectivity index (χ2v) is 4.74. The van der Waals surface area contributed by atoms with Crippen molar-refractivity contribution in [2.45, 2.75) is 19.9 Å². The minimum atomic E-state index is -0.476. The summed E-state index contributed by atoms with van der Waals surface area (Å²) in [4.78, 5) is 12.4. The monoisotopic (exact) mass is 259 g/mol. The Kier molecular flexibility index (Phi) is 4.07. The van der Waals surface area contributed by atoms with Crippen molar-refractivity contribution in [2.24, 2.45) is 0 Å². The Morgan fingerprint density at radius 1 is 1.11 bits per heavy atom. The fraction of sp³-hybridized carbons (Fsp3) is 0.357. The summed E-state index contributed by atoms with van der Waals surface area (Å²) < 4.78 is 12.4.